The minimum atomic E-state index is 0.577. The minimum Gasteiger partial charge on any atom is -0.0914 e. The summed E-state index contributed by atoms with van der Waals surface area (Å²) in [6, 6.07) is 4.92. The van der Waals surface area contributed by atoms with Crippen LogP contribution in [-0.2, 0) is 0 Å². The first-order chi connectivity index (χ1) is 9.81. The fraction of sp³-hybridized carbons (Fsp3) is 0.550. The summed E-state index contributed by atoms with van der Waals surface area (Å²) < 4.78 is 0. The van der Waals surface area contributed by atoms with Gasteiger partial charge in [0.15, 0.2) is 0 Å². The number of hydrogen-bond donors (Lipinski definition) is 0. The zero-order chi connectivity index (χ0) is 15.7. The average Bonchev–Trinajstić information content (AvgIpc) is 2.83. The molecular formula is C20H29P. The molecule has 0 unspecified atom stereocenters. The lowest BCUT2D eigenvalue weighted by molar-refractivity contribution is 0.802. The first-order valence-electron chi connectivity index (χ1n) is 8.21. The highest BCUT2D eigenvalue weighted by Gasteiger charge is 2.20. The zero-order valence-electron chi connectivity index (χ0n) is 14.6. The molecule has 0 radical (unpaired) electrons. The summed E-state index contributed by atoms with van der Waals surface area (Å²) in [6.07, 6.45) is 3.63. The van der Waals surface area contributed by atoms with Gasteiger partial charge in [-0.15, -0.1) is 0 Å². The van der Waals surface area contributed by atoms with Gasteiger partial charge in [-0.3, -0.25) is 0 Å². The molecule has 0 N–H and O–H groups in total. The van der Waals surface area contributed by atoms with E-state index >= 15 is 0 Å². The van der Waals surface area contributed by atoms with Crippen molar-refractivity contribution in [2.75, 3.05) is 6.16 Å². The Hall–Kier alpha value is -0.870. The summed E-state index contributed by atoms with van der Waals surface area (Å²) in [4.78, 5) is 0. The van der Waals surface area contributed by atoms with E-state index in [-0.39, 0.29) is 0 Å². The highest BCUT2D eigenvalue weighted by molar-refractivity contribution is 7.43. The van der Waals surface area contributed by atoms with Gasteiger partial charge in [0, 0.05) is 11.5 Å². The molecule has 0 bridgehead atoms. The van der Waals surface area contributed by atoms with E-state index in [4.69, 9.17) is 0 Å². The fourth-order valence-corrected chi connectivity index (χ4v) is 4.18. The van der Waals surface area contributed by atoms with Crippen molar-refractivity contribution in [1.29, 1.82) is 0 Å². The molecule has 0 aromatic heterocycles. The van der Waals surface area contributed by atoms with Crippen LogP contribution in [0.5, 0.6) is 0 Å². The van der Waals surface area contributed by atoms with E-state index in [2.05, 4.69) is 66.7 Å². The Labute approximate surface area is 132 Å². The van der Waals surface area contributed by atoms with E-state index in [1.54, 1.807) is 16.7 Å². The van der Waals surface area contributed by atoms with Gasteiger partial charge in [0.1, 0.15) is 0 Å². The van der Waals surface area contributed by atoms with Crippen molar-refractivity contribution in [3.8, 4) is 0 Å². The predicted octanol–water partition coefficient (Wildman–Crippen LogP) is 6.48. The Bertz CT molecular complexity index is 557. The maximum atomic E-state index is 2.46. The fourth-order valence-electron chi connectivity index (χ4n) is 2.94. The van der Waals surface area contributed by atoms with E-state index in [1.807, 2.05) is 0 Å². The summed E-state index contributed by atoms with van der Waals surface area (Å²) >= 11 is 0. The molecule has 0 saturated carbocycles. The van der Waals surface area contributed by atoms with Gasteiger partial charge in [-0.25, -0.2) is 0 Å². The number of allylic oxidation sites excluding steroid dienone is 2. The van der Waals surface area contributed by atoms with Crippen molar-refractivity contribution in [3.63, 3.8) is 0 Å². The van der Waals surface area contributed by atoms with Gasteiger partial charge >= 0.3 is 0 Å². The van der Waals surface area contributed by atoms with Crippen molar-refractivity contribution in [2.24, 2.45) is 0 Å². The second kappa shape index (κ2) is 6.49. The van der Waals surface area contributed by atoms with Gasteiger partial charge in [0.2, 0.25) is 0 Å². The molecule has 0 aliphatic carbocycles. The van der Waals surface area contributed by atoms with E-state index < -0.39 is 0 Å². The molecule has 114 valence electrons. The Morgan fingerprint density at radius 3 is 1.71 bits per heavy atom. The van der Waals surface area contributed by atoms with E-state index in [1.165, 1.54) is 30.8 Å². The third-order valence-electron chi connectivity index (χ3n) is 4.27. The summed E-state index contributed by atoms with van der Waals surface area (Å²) in [5.74, 6) is 1.75. The first kappa shape index (κ1) is 16.5. The van der Waals surface area contributed by atoms with Crippen LogP contribution in [0.4, 0.5) is 0 Å². The second-order valence-electron chi connectivity index (χ2n) is 7.23. The summed E-state index contributed by atoms with van der Waals surface area (Å²) in [6.45, 7) is 16.2. The van der Waals surface area contributed by atoms with Crippen LogP contribution in [0.1, 0.15) is 88.5 Å². The number of hydrogen-bond acceptors (Lipinski definition) is 0. The number of benzene rings is 1. The molecule has 1 aliphatic rings. The van der Waals surface area contributed by atoms with Crippen LogP contribution in [0.2, 0.25) is 0 Å². The molecule has 21 heavy (non-hydrogen) atoms. The van der Waals surface area contributed by atoms with Crippen molar-refractivity contribution >= 4 is 13.5 Å². The van der Waals surface area contributed by atoms with E-state index in [9.17, 15) is 0 Å². The molecule has 1 aromatic carbocycles. The van der Waals surface area contributed by atoms with Gasteiger partial charge < -0.3 is 0 Å². The van der Waals surface area contributed by atoms with Gasteiger partial charge in [-0.1, -0.05) is 73.5 Å². The van der Waals surface area contributed by atoms with Crippen LogP contribution in [0, 0.1) is 0 Å². The first-order valence-corrected chi connectivity index (χ1v) is 9.29. The largest absolute Gasteiger partial charge is 0.0914 e. The number of rotatable bonds is 4. The van der Waals surface area contributed by atoms with Crippen LogP contribution >= 0.6 is 8.20 Å². The van der Waals surface area contributed by atoms with Crippen LogP contribution in [0.25, 0.3) is 0 Å². The normalized spacial score (nSPS) is 15.9. The van der Waals surface area contributed by atoms with E-state index in [0.29, 0.717) is 17.8 Å². The van der Waals surface area contributed by atoms with Gasteiger partial charge in [-0.05, 0) is 46.9 Å². The Balaban J connectivity index is 2.71. The molecule has 0 amide bonds. The molecule has 0 atom stereocenters. The van der Waals surface area contributed by atoms with Crippen molar-refractivity contribution in [2.45, 2.75) is 66.2 Å². The van der Waals surface area contributed by atoms with E-state index in [0.717, 1.165) is 0 Å². The summed E-state index contributed by atoms with van der Waals surface area (Å²) in [5, 5.41) is 1.54. The third-order valence-corrected chi connectivity index (χ3v) is 5.62. The molecule has 0 fully saturated rings. The molecule has 1 aromatic rings. The smallest absolute Gasteiger partial charge is 0.0111 e. The Morgan fingerprint density at radius 2 is 1.38 bits per heavy atom. The maximum Gasteiger partial charge on any atom is 0.0111 e. The minimum absolute atomic E-state index is 0.577. The molecule has 1 aliphatic heterocycles. The lowest BCUT2D eigenvalue weighted by atomic mass is 9.83. The van der Waals surface area contributed by atoms with Crippen LogP contribution in [0.15, 0.2) is 23.8 Å². The monoisotopic (exact) mass is 300 g/mol. The van der Waals surface area contributed by atoms with Crippen LogP contribution in [-0.4, -0.2) is 11.5 Å². The molecule has 2 rings (SSSR count). The molecule has 0 saturated heterocycles. The SMILES string of the molecule is CC1=CC(c2c(C(C)C)cc(C(C)C)cc2C(C)C)=PC1. The highest BCUT2D eigenvalue weighted by atomic mass is 31.1. The molecule has 0 spiro atoms. The quantitative estimate of drug-likeness (QED) is 0.558. The summed E-state index contributed by atoms with van der Waals surface area (Å²) in [5.41, 5.74) is 7.63. The maximum absolute atomic E-state index is 2.46. The van der Waals surface area contributed by atoms with Crippen molar-refractivity contribution in [3.05, 3.63) is 46.0 Å². The lowest BCUT2D eigenvalue weighted by Gasteiger charge is -2.23. The molecule has 1 heteroatoms. The lowest BCUT2D eigenvalue weighted by Crippen LogP contribution is -2.09. The Kier molecular flexibility index (Phi) is 5.10. The van der Waals surface area contributed by atoms with Crippen LogP contribution < -0.4 is 0 Å². The predicted molar refractivity (Wildman–Crippen MR) is 98.4 cm³/mol. The topological polar surface area (TPSA) is 0 Å². The highest BCUT2D eigenvalue weighted by Crippen LogP contribution is 2.35. The summed E-state index contributed by atoms with van der Waals surface area (Å²) in [7, 11) is 1.48. The van der Waals surface area contributed by atoms with Crippen molar-refractivity contribution in [1.82, 2.24) is 0 Å². The van der Waals surface area contributed by atoms with Gasteiger partial charge in [-0.2, -0.15) is 0 Å². The zero-order valence-corrected chi connectivity index (χ0v) is 15.5. The van der Waals surface area contributed by atoms with Gasteiger partial charge in [0.05, 0.1) is 0 Å². The standard InChI is InChI=1S/C20H29P/c1-12(2)16-9-17(13(3)4)20(18(10-16)14(5)6)19-8-15(7)11-21-19/h8-10,12-14H,11H2,1-7H3. The molecule has 1 heterocycles. The van der Waals surface area contributed by atoms with Gasteiger partial charge in [0.25, 0.3) is 0 Å². The Morgan fingerprint density at radius 1 is 0.857 bits per heavy atom. The van der Waals surface area contributed by atoms with Crippen LogP contribution in [0.3, 0.4) is 0 Å². The molecule has 0 nitrogen and oxygen atoms in total. The third kappa shape index (κ3) is 3.49. The second-order valence-corrected chi connectivity index (χ2v) is 8.34. The molecular weight excluding hydrogens is 271 g/mol. The van der Waals surface area contributed by atoms with Crippen molar-refractivity contribution < 1.29 is 0 Å². The average molecular weight is 300 g/mol.